The zero-order valence-corrected chi connectivity index (χ0v) is 13.1. The Morgan fingerprint density at radius 3 is 2.83 bits per heavy atom. The standard InChI is InChI=1S/C17H20N4O2/c1-2-3-9-15-19-16(23-20-15)12-21-11-14(10-18-21)17(22)13-7-5-4-6-8-13/h4-8,10-11,17,22H,2-3,9,12H2,1H3/t17-/m1/s1. The van der Waals surface area contributed by atoms with Gasteiger partial charge in [0, 0.05) is 18.2 Å². The summed E-state index contributed by atoms with van der Waals surface area (Å²) in [5.74, 6) is 1.26. The number of hydrogen-bond acceptors (Lipinski definition) is 5. The van der Waals surface area contributed by atoms with Crippen LogP contribution in [-0.2, 0) is 13.0 Å². The third kappa shape index (κ3) is 3.84. The maximum absolute atomic E-state index is 10.4. The molecule has 0 spiro atoms. The minimum Gasteiger partial charge on any atom is -0.384 e. The van der Waals surface area contributed by atoms with Crippen LogP contribution in [0.4, 0.5) is 0 Å². The Kier molecular flexibility index (Phi) is 4.83. The number of aromatic nitrogens is 4. The second-order valence-corrected chi connectivity index (χ2v) is 5.49. The third-order valence-electron chi connectivity index (χ3n) is 3.65. The lowest BCUT2D eigenvalue weighted by molar-refractivity contribution is 0.220. The molecule has 2 heterocycles. The van der Waals surface area contributed by atoms with Crippen molar-refractivity contribution in [2.45, 2.75) is 38.8 Å². The Labute approximate surface area is 134 Å². The average Bonchev–Trinajstić information content (AvgIpc) is 3.23. The molecule has 0 saturated heterocycles. The van der Waals surface area contributed by atoms with Crippen molar-refractivity contribution >= 4 is 0 Å². The first-order valence-electron chi connectivity index (χ1n) is 7.83. The van der Waals surface area contributed by atoms with Gasteiger partial charge >= 0.3 is 0 Å². The van der Waals surface area contributed by atoms with Crippen LogP contribution in [0.2, 0.25) is 0 Å². The van der Waals surface area contributed by atoms with Gasteiger partial charge in [-0.05, 0) is 12.0 Å². The fourth-order valence-electron chi connectivity index (χ4n) is 2.36. The first-order chi connectivity index (χ1) is 11.3. The molecule has 2 aromatic heterocycles. The van der Waals surface area contributed by atoms with Gasteiger partial charge in [0.1, 0.15) is 12.6 Å². The highest BCUT2D eigenvalue weighted by atomic mass is 16.5. The van der Waals surface area contributed by atoms with E-state index in [4.69, 9.17) is 4.52 Å². The lowest BCUT2D eigenvalue weighted by atomic mass is 10.1. The molecule has 0 aliphatic heterocycles. The van der Waals surface area contributed by atoms with Crippen LogP contribution in [0.15, 0.2) is 47.2 Å². The summed E-state index contributed by atoms with van der Waals surface area (Å²) in [6, 6.07) is 9.50. The van der Waals surface area contributed by atoms with Gasteiger partial charge in [-0.2, -0.15) is 10.1 Å². The SMILES string of the molecule is CCCCc1noc(Cn2cc([C@H](O)c3ccccc3)cn2)n1. The van der Waals surface area contributed by atoms with Crippen LogP contribution < -0.4 is 0 Å². The summed E-state index contributed by atoms with van der Waals surface area (Å²) in [5, 5.41) is 18.6. The van der Waals surface area contributed by atoms with E-state index in [0.717, 1.165) is 36.2 Å². The number of benzene rings is 1. The largest absolute Gasteiger partial charge is 0.384 e. The van der Waals surface area contributed by atoms with E-state index in [1.54, 1.807) is 17.1 Å². The zero-order valence-electron chi connectivity index (χ0n) is 13.1. The second kappa shape index (κ2) is 7.19. The molecular formula is C17H20N4O2. The second-order valence-electron chi connectivity index (χ2n) is 5.49. The summed E-state index contributed by atoms with van der Waals surface area (Å²) >= 11 is 0. The number of aryl methyl sites for hydroxylation is 1. The summed E-state index contributed by atoms with van der Waals surface area (Å²) in [4.78, 5) is 4.35. The summed E-state index contributed by atoms with van der Waals surface area (Å²) in [5.41, 5.74) is 1.58. The molecule has 0 aliphatic rings. The molecule has 0 fully saturated rings. The van der Waals surface area contributed by atoms with Gasteiger partial charge in [-0.1, -0.05) is 48.8 Å². The predicted octanol–water partition coefficient (Wildman–Crippen LogP) is 2.74. The molecule has 0 radical (unpaired) electrons. The zero-order chi connectivity index (χ0) is 16.1. The number of nitrogens with zero attached hydrogens (tertiary/aromatic N) is 4. The van der Waals surface area contributed by atoms with Crippen LogP contribution in [0.5, 0.6) is 0 Å². The van der Waals surface area contributed by atoms with Crippen molar-refractivity contribution < 1.29 is 9.63 Å². The molecule has 120 valence electrons. The van der Waals surface area contributed by atoms with Crippen LogP contribution >= 0.6 is 0 Å². The first kappa shape index (κ1) is 15.4. The molecule has 3 aromatic rings. The van der Waals surface area contributed by atoms with Gasteiger partial charge < -0.3 is 9.63 Å². The molecule has 1 aromatic carbocycles. The molecule has 23 heavy (non-hydrogen) atoms. The van der Waals surface area contributed by atoms with E-state index in [1.165, 1.54) is 0 Å². The van der Waals surface area contributed by atoms with E-state index in [1.807, 2.05) is 30.3 Å². The molecule has 0 unspecified atom stereocenters. The van der Waals surface area contributed by atoms with Crippen LogP contribution in [0.25, 0.3) is 0 Å². The van der Waals surface area contributed by atoms with Gasteiger partial charge in [0.2, 0.25) is 5.89 Å². The Morgan fingerprint density at radius 2 is 2.04 bits per heavy atom. The van der Waals surface area contributed by atoms with Crippen molar-refractivity contribution in [1.82, 2.24) is 19.9 Å². The Morgan fingerprint density at radius 1 is 1.22 bits per heavy atom. The van der Waals surface area contributed by atoms with Crippen molar-refractivity contribution in [2.24, 2.45) is 0 Å². The number of unbranched alkanes of at least 4 members (excludes halogenated alkanes) is 1. The van der Waals surface area contributed by atoms with Crippen molar-refractivity contribution in [3.8, 4) is 0 Å². The maximum Gasteiger partial charge on any atom is 0.248 e. The van der Waals surface area contributed by atoms with Crippen LogP contribution in [-0.4, -0.2) is 25.0 Å². The van der Waals surface area contributed by atoms with Crippen molar-refractivity contribution in [1.29, 1.82) is 0 Å². The Bertz CT molecular complexity index is 736. The lowest BCUT2D eigenvalue weighted by Gasteiger charge is -2.07. The number of rotatable bonds is 7. The van der Waals surface area contributed by atoms with Gasteiger partial charge in [-0.3, -0.25) is 4.68 Å². The number of aliphatic hydroxyl groups excluding tert-OH is 1. The molecular weight excluding hydrogens is 292 g/mol. The molecule has 0 aliphatic carbocycles. The topological polar surface area (TPSA) is 77.0 Å². The molecule has 3 rings (SSSR count). The highest BCUT2D eigenvalue weighted by molar-refractivity contribution is 5.26. The van der Waals surface area contributed by atoms with E-state index in [-0.39, 0.29) is 0 Å². The molecule has 1 N–H and O–H groups in total. The predicted molar refractivity (Wildman–Crippen MR) is 84.7 cm³/mol. The van der Waals surface area contributed by atoms with Gasteiger partial charge in [0.15, 0.2) is 5.82 Å². The van der Waals surface area contributed by atoms with E-state index in [0.29, 0.717) is 12.4 Å². The maximum atomic E-state index is 10.4. The van der Waals surface area contributed by atoms with Gasteiger partial charge in [-0.15, -0.1) is 0 Å². The highest BCUT2D eigenvalue weighted by Crippen LogP contribution is 2.21. The van der Waals surface area contributed by atoms with E-state index < -0.39 is 6.10 Å². The van der Waals surface area contributed by atoms with Crippen LogP contribution in [0, 0.1) is 0 Å². The summed E-state index contributed by atoms with van der Waals surface area (Å²) in [7, 11) is 0. The fraction of sp³-hybridized carbons (Fsp3) is 0.353. The highest BCUT2D eigenvalue weighted by Gasteiger charge is 2.13. The van der Waals surface area contributed by atoms with E-state index in [2.05, 4.69) is 22.2 Å². The normalized spacial score (nSPS) is 12.4. The molecule has 0 bridgehead atoms. The van der Waals surface area contributed by atoms with Gasteiger partial charge in [0.05, 0.1) is 6.20 Å². The first-order valence-corrected chi connectivity index (χ1v) is 7.83. The van der Waals surface area contributed by atoms with Crippen molar-refractivity contribution in [2.75, 3.05) is 0 Å². The molecule has 6 nitrogen and oxygen atoms in total. The summed E-state index contributed by atoms with van der Waals surface area (Å²) in [6.07, 6.45) is 5.75. The summed E-state index contributed by atoms with van der Waals surface area (Å²) < 4.78 is 6.93. The fourth-order valence-corrected chi connectivity index (χ4v) is 2.36. The van der Waals surface area contributed by atoms with E-state index >= 15 is 0 Å². The monoisotopic (exact) mass is 312 g/mol. The molecule has 0 amide bonds. The van der Waals surface area contributed by atoms with Crippen LogP contribution in [0.1, 0.15) is 48.7 Å². The molecule has 0 saturated carbocycles. The van der Waals surface area contributed by atoms with Crippen LogP contribution in [0.3, 0.4) is 0 Å². The lowest BCUT2D eigenvalue weighted by Crippen LogP contribution is -2.01. The molecule has 1 atom stereocenters. The molecule has 6 heteroatoms. The number of hydrogen-bond donors (Lipinski definition) is 1. The number of aliphatic hydroxyl groups is 1. The van der Waals surface area contributed by atoms with Crippen molar-refractivity contribution in [3.63, 3.8) is 0 Å². The summed E-state index contributed by atoms with van der Waals surface area (Å²) in [6.45, 7) is 2.53. The Hall–Kier alpha value is -2.47. The van der Waals surface area contributed by atoms with Gasteiger partial charge in [0.25, 0.3) is 0 Å². The van der Waals surface area contributed by atoms with Crippen molar-refractivity contribution in [3.05, 3.63) is 65.6 Å². The average molecular weight is 312 g/mol. The minimum absolute atomic E-state index is 0.403. The third-order valence-corrected chi connectivity index (χ3v) is 3.65. The quantitative estimate of drug-likeness (QED) is 0.726. The minimum atomic E-state index is -0.687. The smallest absolute Gasteiger partial charge is 0.248 e. The Balaban J connectivity index is 1.66. The van der Waals surface area contributed by atoms with E-state index in [9.17, 15) is 5.11 Å². The van der Waals surface area contributed by atoms with Gasteiger partial charge in [-0.25, -0.2) is 0 Å².